The predicted molar refractivity (Wildman–Crippen MR) is 87.8 cm³/mol. The summed E-state index contributed by atoms with van der Waals surface area (Å²) in [4.78, 5) is 19.2. The molecule has 120 valence electrons. The van der Waals surface area contributed by atoms with Gasteiger partial charge in [0.1, 0.15) is 5.75 Å². The number of methoxy groups -OCH3 is 1. The number of non-ortho nitro benzene ring substituents is 1. The normalized spacial score (nSPS) is 11.0. The molecular weight excluding hydrogens is 312 g/mol. The van der Waals surface area contributed by atoms with E-state index >= 15 is 0 Å². The van der Waals surface area contributed by atoms with Crippen molar-refractivity contribution in [2.45, 2.75) is 0 Å². The van der Waals surface area contributed by atoms with Gasteiger partial charge in [-0.2, -0.15) is 4.98 Å². The second-order valence-electron chi connectivity index (χ2n) is 5.11. The Hall–Kier alpha value is -3.62. The van der Waals surface area contributed by atoms with Crippen LogP contribution in [-0.4, -0.2) is 31.6 Å². The molecule has 0 spiro atoms. The monoisotopic (exact) mass is 324 g/mol. The summed E-state index contributed by atoms with van der Waals surface area (Å²) in [6.45, 7) is 0. The molecule has 0 fully saturated rings. The van der Waals surface area contributed by atoms with Crippen LogP contribution >= 0.6 is 0 Å². The molecule has 0 aliphatic heterocycles. The smallest absolute Gasteiger partial charge is 0.271 e. The average molecular weight is 324 g/mol. The van der Waals surface area contributed by atoms with Gasteiger partial charge >= 0.3 is 0 Å². The molecule has 9 nitrogen and oxygen atoms in total. The molecule has 9 heteroatoms. The van der Waals surface area contributed by atoms with Crippen molar-refractivity contribution >= 4 is 34.1 Å². The van der Waals surface area contributed by atoms with E-state index in [4.69, 9.17) is 4.74 Å². The topological polar surface area (TPSA) is 110 Å². The molecule has 24 heavy (non-hydrogen) atoms. The summed E-state index contributed by atoms with van der Waals surface area (Å²) in [7, 11) is 1.60. The zero-order chi connectivity index (χ0) is 16.7. The van der Waals surface area contributed by atoms with E-state index in [1.54, 1.807) is 23.8 Å². The Labute approximate surface area is 135 Å². The minimum absolute atomic E-state index is 0.00822. The van der Waals surface area contributed by atoms with Gasteiger partial charge in [-0.15, -0.1) is 0 Å². The van der Waals surface area contributed by atoms with Crippen LogP contribution < -0.4 is 10.1 Å². The molecule has 0 saturated heterocycles. The van der Waals surface area contributed by atoms with Gasteiger partial charge in [0.05, 0.1) is 23.1 Å². The maximum absolute atomic E-state index is 10.8. The molecule has 0 aliphatic carbocycles. The number of ether oxygens (including phenoxy) is 1. The highest BCUT2D eigenvalue weighted by Crippen LogP contribution is 2.23. The number of rotatable bonds is 4. The maximum atomic E-state index is 10.8. The summed E-state index contributed by atoms with van der Waals surface area (Å²) in [5, 5.41) is 16.9. The summed E-state index contributed by atoms with van der Waals surface area (Å²) < 4.78 is 6.91. The van der Waals surface area contributed by atoms with Crippen molar-refractivity contribution in [1.82, 2.24) is 19.6 Å². The quantitative estimate of drug-likeness (QED) is 0.441. The molecule has 0 atom stereocenters. The van der Waals surface area contributed by atoms with E-state index in [1.807, 2.05) is 18.2 Å². The fourth-order valence-corrected chi connectivity index (χ4v) is 2.48. The number of anilines is 2. The van der Waals surface area contributed by atoms with E-state index in [2.05, 4.69) is 20.4 Å². The van der Waals surface area contributed by atoms with Gasteiger partial charge in [-0.3, -0.25) is 15.2 Å². The van der Waals surface area contributed by atoms with Crippen molar-refractivity contribution in [3.8, 4) is 5.75 Å². The van der Waals surface area contributed by atoms with Gasteiger partial charge in [0.2, 0.25) is 5.95 Å². The lowest BCUT2D eigenvalue weighted by atomic mass is 10.3. The van der Waals surface area contributed by atoms with Crippen molar-refractivity contribution < 1.29 is 9.66 Å². The molecule has 2 aromatic heterocycles. The number of imidazole rings is 1. The Morgan fingerprint density at radius 2 is 2.12 bits per heavy atom. The summed E-state index contributed by atoms with van der Waals surface area (Å²) in [6.07, 6.45) is 0. The minimum atomic E-state index is -0.443. The molecule has 0 aliphatic rings. The van der Waals surface area contributed by atoms with Crippen LogP contribution in [0, 0.1) is 10.1 Å². The van der Waals surface area contributed by atoms with Crippen LogP contribution in [0.5, 0.6) is 5.75 Å². The molecule has 0 amide bonds. The van der Waals surface area contributed by atoms with Crippen molar-refractivity contribution in [2.75, 3.05) is 12.4 Å². The first-order valence-corrected chi connectivity index (χ1v) is 7.08. The number of hydrogen-bond acceptors (Lipinski definition) is 6. The summed E-state index contributed by atoms with van der Waals surface area (Å²) >= 11 is 0. The first-order valence-electron chi connectivity index (χ1n) is 7.08. The molecule has 2 heterocycles. The van der Waals surface area contributed by atoms with Gasteiger partial charge < -0.3 is 10.1 Å². The lowest BCUT2D eigenvalue weighted by Crippen LogP contribution is -1.95. The van der Waals surface area contributed by atoms with Crippen LogP contribution in [0.1, 0.15) is 0 Å². The highest BCUT2D eigenvalue weighted by Gasteiger charge is 2.11. The molecule has 4 rings (SSSR count). The van der Waals surface area contributed by atoms with Gasteiger partial charge in [-0.1, -0.05) is 6.07 Å². The third kappa shape index (κ3) is 2.28. The Kier molecular flexibility index (Phi) is 3.05. The largest absolute Gasteiger partial charge is 0.497 e. The van der Waals surface area contributed by atoms with Crippen molar-refractivity contribution in [3.05, 3.63) is 52.6 Å². The fraction of sp³-hybridized carbons (Fsp3) is 0.0667. The molecule has 2 aromatic carbocycles. The molecule has 0 saturated carbocycles. The van der Waals surface area contributed by atoms with E-state index in [0.717, 1.165) is 16.8 Å². The van der Waals surface area contributed by atoms with Gasteiger partial charge in [-0.25, -0.2) is 9.50 Å². The summed E-state index contributed by atoms with van der Waals surface area (Å²) in [5.41, 5.74) is 2.18. The molecule has 4 aromatic rings. The van der Waals surface area contributed by atoms with E-state index < -0.39 is 4.92 Å². The predicted octanol–water partition coefficient (Wildman–Crippen LogP) is 2.87. The highest BCUT2D eigenvalue weighted by molar-refractivity contribution is 5.81. The Morgan fingerprint density at radius 3 is 2.92 bits per heavy atom. The number of aromatic nitrogens is 4. The maximum Gasteiger partial charge on any atom is 0.271 e. The lowest BCUT2D eigenvalue weighted by Gasteiger charge is -2.02. The molecule has 2 N–H and O–H groups in total. The molecule has 0 bridgehead atoms. The lowest BCUT2D eigenvalue weighted by molar-refractivity contribution is -0.384. The van der Waals surface area contributed by atoms with E-state index in [1.165, 1.54) is 12.1 Å². The number of H-pyrrole nitrogens is 1. The zero-order valence-corrected chi connectivity index (χ0v) is 12.6. The number of aromatic amines is 1. The standard InChI is InChI=1S/C15H12N6O3/c1-24-11-5-6-13-12(8-11)17-15-18-14(19-20(13)15)16-9-3-2-4-10(7-9)21(22)23/h2-8H,1H3,(H2,16,17,18,19). The third-order valence-corrected chi connectivity index (χ3v) is 3.59. The van der Waals surface area contributed by atoms with Crippen molar-refractivity contribution in [1.29, 1.82) is 0 Å². The minimum Gasteiger partial charge on any atom is -0.497 e. The number of nitro groups is 1. The van der Waals surface area contributed by atoms with Crippen LogP contribution in [0.2, 0.25) is 0 Å². The molecule has 0 unspecified atom stereocenters. The van der Waals surface area contributed by atoms with Crippen LogP contribution in [0.4, 0.5) is 17.3 Å². The number of fused-ring (bicyclic) bond motifs is 3. The summed E-state index contributed by atoms with van der Waals surface area (Å²) in [6, 6.07) is 11.7. The van der Waals surface area contributed by atoms with Crippen LogP contribution in [-0.2, 0) is 0 Å². The van der Waals surface area contributed by atoms with E-state index in [9.17, 15) is 10.1 Å². The van der Waals surface area contributed by atoms with E-state index in [-0.39, 0.29) is 5.69 Å². The van der Waals surface area contributed by atoms with Crippen LogP contribution in [0.15, 0.2) is 42.5 Å². The number of nitro benzene ring substituents is 1. The average Bonchev–Trinajstić information content (AvgIpc) is 3.11. The molecular formula is C15H12N6O3. The Balaban J connectivity index is 1.70. The van der Waals surface area contributed by atoms with Crippen molar-refractivity contribution in [2.24, 2.45) is 0 Å². The van der Waals surface area contributed by atoms with Gasteiger partial charge in [0, 0.05) is 23.9 Å². The van der Waals surface area contributed by atoms with Crippen LogP contribution in [0.3, 0.4) is 0 Å². The first-order chi connectivity index (χ1) is 11.6. The van der Waals surface area contributed by atoms with Gasteiger partial charge in [-0.05, 0) is 18.2 Å². The number of benzene rings is 2. The number of hydrogen-bond donors (Lipinski definition) is 2. The molecule has 0 radical (unpaired) electrons. The first kappa shape index (κ1) is 14.0. The van der Waals surface area contributed by atoms with E-state index in [0.29, 0.717) is 17.4 Å². The second kappa shape index (κ2) is 5.23. The second-order valence-corrected chi connectivity index (χ2v) is 5.11. The highest BCUT2D eigenvalue weighted by atomic mass is 16.6. The summed E-state index contributed by atoms with van der Waals surface area (Å²) in [5.74, 6) is 1.65. The number of nitrogens with one attached hydrogen (secondary N) is 2. The third-order valence-electron chi connectivity index (χ3n) is 3.59. The SMILES string of the molecule is COc1ccc2c(c1)nc1nc(Nc3cccc([N+](=O)[O-])c3)[nH]n12. The van der Waals surface area contributed by atoms with Crippen LogP contribution in [0.25, 0.3) is 16.8 Å². The Morgan fingerprint density at radius 1 is 1.25 bits per heavy atom. The van der Waals surface area contributed by atoms with Gasteiger partial charge in [0.25, 0.3) is 11.5 Å². The Bertz CT molecular complexity index is 1070. The van der Waals surface area contributed by atoms with Crippen molar-refractivity contribution in [3.63, 3.8) is 0 Å². The zero-order valence-electron chi connectivity index (χ0n) is 12.6. The van der Waals surface area contributed by atoms with Gasteiger partial charge in [0.15, 0.2) is 0 Å². The fourth-order valence-electron chi connectivity index (χ4n) is 2.48. The number of nitrogens with zero attached hydrogens (tertiary/aromatic N) is 4.